The summed E-state index contributed by atoms with van der Waals surface area (Å²) in [7, 11) is 0. The highest BCUT2D eigenvalue weighted by molar-refractivity contribution is 7.08. The maximum absolute atomic E-state index is 5.67. The molecule has 2 rings (SSSR count). The minimum absolute atomic E-state index is 0.443. The van der Waals surface area contributed by atoms with Crippen molar-refractivity contribution in [2.24, 2.45) is 0 Å². The van der Waals surface area contributed by atoms with Gasteiger partial charge in [0, 0.05) is 6.54 Å². The van der Waals surface area contributed by atoms with Crippen LogP contribution in [-0.2, 0) is 13.1 Å². The van der Waals surface area contributed by atoms with Gasteiger partial charge in [-0.05, 0) is 52.5 Å². The monoisotopic (exact) mass is 241 g/mol. The SMILES string of the molecule is Cc1cscc1CNCc1ccc(Cl)o1. The van der Waals surface area contributed by atoms with Gasteiger partial charge >= 0.3 is 0 Å². The second kappa shape index (κ2) is 4.84. The van der Waals surface area contributed by atoms with Crippen molar-refractivity contribution in [1.82, 2.24) is 5.32 Å². The number of thiophene rings is 1. The Bertz CT molecular complexity index is 435. The van der Waals surface area contributed by atoms with Crippen LogP contribution in [0.25, 0.3) is 0 Å². The number of nitrogens with one attached hydrogen (secondary N) is 1. The van der Waals surface area contributed by atoms with Gasteiger partial charge in [0.25, 0.3) is 0 Å². The zero-order valence-electron chi connectivity index (χ0n) is 8.42. The van der Waals surface area contributed by atoms with Gasteiger partial charge in [-0.1, -0.05) is 0 Å². The number of aryl methyl sites for hydroxylation is 1. The van der Waals surface area contributed by atoms with E-state index in [1.807, 2.05) is 6.07 Å². The molecule has 0 aliphatic heterocycles. The van der Waals surface area contributed by atoms with Crippen molar-refractivity contribution in [2.75, 3.05) is 0 Å². The van der Waals surface area contributed by atoms with Gasteiger partial charge < -0.3 is 9.73 Å². The van der Waals surface area contributed by atoms with Crippen molar-refractivity contribution in [3.63, 3.8) is 0 Å². The van der Waals surface area contributed by atoms with Gasteiger partial charge in [-0.15, -0.1) is 0 Å². The van der Waals surface area contributed by atoms with Gasteiger partial charge in [-0.2, -0.15) is 11.3 Å². The van der Waals surface area contributed by atoms with Crippen LogP contribution in [0.15, 0.2) is 27.3 Å². The van der Waals surface area contributed by atoms with Gasteiger partial charge in [0.05, 0.1) is 6.54 Å². The molecule has 0 amide bonds. The maximum Gasteiger partial charge on any atom is 0.193 e. The summed E-state index contributed by atoms with van der Waals surface area (Å²) < 4.78 is 5.24. The van der Waals surface area contributed by atoms with E-state index in [-0.39, 0.29) is 0 Å². The van der Waals surface area contributed by atoms with Crippen LogP contribution < -0.4 is 5.32 Å². The van der Waals surface area contributed by atoms with Gasteiger partial charge in [0.15, 0.2) is 5.22 Å². The van der Waals surface area contributed by atoms with E-state index < -0.39 is 0 Å². The number of hydrogen-bond donors (Lipinski definition) is 1. The van der Waals surface area contributed by atoms with E-state index in [9.17, 15) is 0 Å². The molecule has 15 heavy (non-hydrogen) atoms. The summed E-state index contributed by atoms with van der Waals surface area (Å²) in [5, 5.41) is 8.07. The number of hydrogen-bond acceptors (Lipinski definition) is 3. The molecule has 0 unspecified atom stereocenters. The lowest BCUT2D eigenvalue weighted by Gasteiger charge is -2.01. The van der Waals surface area contributed by atoms with E-state index >= 15 is 0 Å². The summed E-state index contributed by atoms with van der Waals surface area (Å²) in [6.45, 7) is 3.70. The van der Waals surface area contributed by atoms with E-state index in [0.717, 1.165) is 12.3 Å². The minimum atomic E-state index is 0.443. The summed E-state index contributed by atoms with van der Waals surface area (Å²) >= 11 is 7.40. The van der Waals surface area contributed by atoms with Gasteiger partial charge in [0.1, 0.15) is 5.76 Å². The summed E-state index contributed by atoms with van der Waals surface area (Å²) in [5.74, 6) is 0.868. The Labute approximate surface area is 97.9 Å². The number of rotatable bonds is 4. The van der Waals surface area contributed by atoms with Crippen molar-refractivity contribution in [3.8, 4) is 0 Å². The molecule has 0 saturated carbocycles. The quantitative estimate of drug-likeness (QED) is 0.885. The van der Waals surface area contributed by atoms with Crippen LogP contribution in [0.2, 0.25) is 5.22 Å². The normalized spacial score (nSPS) is 10.8. The van der Waals surface area contributed by atoms with Crippen LogP contribution in [0.5, 0.6) is 0 Å². The lowest BCUT2D eigenvalue weighted by molar-refractivity contribution is 0.484. The van der Waals surface area contributed by atoms with Crippen molar-refractivity contribution < 1.29 is 4.42 Å². The zero-order chi connectivity index (χ0) is 10.7. The molecule has 2 aromatic heterocycles. The fourth-order valence-electron chi connectivity index (χ4n) is 1.34. The zero-order valence-corrected chi connectivity index (χ0v) is 9.99. The molecule has 80 valence electrons. The first-order valence-corrected chi connectivity index (χ1v) is 6.04. The molecular weight excluding hydrogens is 230 g/mol. The van der Waals surface area contributed by atoms with Gasteiger partial charge in [-0.3, -0.25) is 0 Å². The Morgan fingerprint density at radius 3 is 2.80 bits per heavy atom. The van der Waals surface area contributed by atoms with Gasteiger partial charge in [0.2, 0.25) is 0 Å². The Hall–Kier alpha value is -0.770. The molecule has 0 radical (unpaired) electrons. The Morgan fingerprint density at radius 1 is 1.33 bits per heavy atom. The van der Waals surface area contributed by atoms with Crippen LogP contribution in [0, 0.1) is 6.92 Å². The second-order valence-electron chi connectivity index (χ2n) is 3.39. The predicted octanol–water partition coefficient (Wildman–Crippen LogP) is 3.59. The van der Waals surface area contributed by atoms with Crippen molar-refractivity contribution in [3.05, 3.63) is 45.0 Å². The third kappa shape index (κ3) is 2.84. The Kier molecular flexibility index (Phi) is 3.46. The molecule has 2 nitrogen and oxygen atoms in total. The molecule has 1 N–H and O–H groups in total. The number of halogens is 1. The standard InChI is InChI=1S/C11H12ClNOS/c1-8-6-15-7-9(8)4-13-5-10-2-3-11(12)14-10/h2-3,6-7,13H,4-5H2,1H3. The molecule has 0 bridgehead atoms. The molecule has 0 aliphatic carbocycles. The summed E-state index contributed by atoms with van der Waals surface area (Å²) in [6, 6.07) is 3.64. The van der Waals surface area contributed by atoms with Crippen molar-refractivity contribution >= 4 is 22.9 Å². The van der Waals surface area contributed by atoms with E-state index in [2.05, 4.69) is 23.0 Å². The lowest BCUT2D eigenvalue weighted by atomic mass is 10.2. The lowest BCUT2D eigenvalue weighted by Crippen LogP contribution is -2.12. The third-order valence-electron chi connectivity index (χ3n) is 2.21. The Balaban J connectivity index is 1.83. The van der Waals surface area contributed by atoms with E-state index in [1.165, 1.54) is 11.1 Å². The highest BCUT2D eigenvalue weighted by Gasteiger charge is 2.01. The molecule has 0 atom stereocenters. The van der Waals surface area contributed by atoms with Crippen molar-refractivity contribution in [2.45, 2.75) is 20.0 Å². The van der Waals surface area contributed by atoms with Crippen LogP contribution >= 0.6 is 22.9 Å². The predicted molar refractivity (Wildman–Crippen MR) is 63.3 cm³/mol. The molecule has 0 spiro atoms. The van der Waals surface area contributed by atoms with Gasteiger partial charge in [-0.25, -0.2) is 0 Å². The Morgan fingerprint density at radius 2 is 2.20 bits per heavy atom. The summed E-state index contributed by atoms with van der Waals surface area (Å²) in [4.78, 5) is 0. The van der Waals surface area contributed by atoms with Crippen LogP contribution in [0.3, 0.4) is 0 Å². The van der Waals surface area contributed by atoms with E-state index in [1.54, 1.807) is 17.4 Å². The molecule has 4 heteroatoms. The first-order chi connectivity index (χ1) is 7.25. The van der Waals surface area contributed by atoms with Crippen molar-refractivity contribution in [1.29, 1.82) is 0 Å². The average Bonchev–Trinajstić information content (AvgIpc) is 2.77. The summed E-state index contributed by atoms with van der Waals surface area (Å²) in [5.41, 5.74) is 2.68. The van der Waals surface area contributed by atoms with Crippen LogP contribution in [0.1, 0.15) is 16.9 Å². The largest absolute Gasteiger partial charge is 0.448 e. The molecule has 0 aliphatic rings. The highest BCUT2D eigenvalue weighted by Crippen LogP contribution is 2.15. The average molecular weight is 242 g/mol. The van der Waals surface area contributed by atoms with E-state index in [4.69, 9.17) is 16.0 Å². The maximum atomic E-state index is 5.67. The highest BCUT2D eigenvalue weighted by atomic mass is 35.5. The first kappa shape index (κ1) is 10.7. The molecule has 0 fully saturated rings. The molecule has 2 heterocycles. The fourth-order valence-corrected chi connectivity index (χ4v) is 2.35. The molecular formula is C11H12ClNOS. The second-order valence-corrected chi connectivity index (χ2v) is 4.51. The fraction of sp³-hybridized carbons (Fsp3) is 0.273. The molecule has 0 aromatic carbocycles. The van der Waals surface area contributed by atoms with E-state index in [0.29, 0.717) is 11.8 Å². The number of furan rings is 1. The topological polar surface area (TPSA) is 25.2 Å². The van der Waals surface area contributed by atoms with Crippen LogP contribution in [0.4, 0.5) is 0 Å². The van der Waals surface area contributed by atoms with Crippen LogP contribution in [-0.4, -0.2) is 0 Å². The first-order valence-electron chi connectivity index (χ1n) is 4.72. The molecule has 0 saturated heterocycles. The smallest absolute Gasteiger partial charge is 0.193 e. The minimum Gasteiger partial charge on any atom is -0.448 e. The third-order valence-corrected chi connectivity index (χ3v) is 3.32. The summed E-state index contributed by atoms with van der Waals surface area (Å²) in [6.07, 6.45) is 0. The molecule has 2 aromatic rings.